The van der Waals surface area contributed by atoms with E-state index in [4.69, 9.17) is 21.1 Å². The number of benzene rings is 1. The molecule has 0 spiro atoms. The topological polar surface area (TPSA) is 126 Å². The second kappa shape index (κ2) is 10.9. The average molecular weight is 471 g/mol. The van der Waals surface area contributed by atoms with Gasteiger partial charge in [0.25, 0.3) is 5.91 Å². The number of aryl methyl sites for hydroxylation is 1. The highest BCUT2D eigenvalue weighted by Crippen LogP contribution is 2.28. The van der Waals surface area contributed by atoms with Crippen LogP contribution in [0.3, 0.4) is 0 Å². The van der Waals surface area contributed by atoms with Crippen molar-refractivity contribution in [2.75, 3.05) is 0 Å². The molecular formula is C24H23ClN2O6. The molecule has 0 radical (unpaired) electrons. The van der Waals surface area contributed by atoms with Crippen LogP contribution in [0.5, 0.6) is 0 Å². The van der Waals surface area contributed by atoms with Gasteiger partial charge in [-0.1, -0.05) is 34.7 Å². The number of carboxylic acid groups (broad SMARTS) is 1. The molecule has 2 aromatic heterocycles. The molecule has 1 aliphatic carbocycles. The van der Waals surface area contributed by atoms with E-state index >= 15 is 0 Å². The minimum atomic E-state index is -1.11. The summed E-state index contributed by atoms with van der Waals surface area (Å²) >= 11 is 5.96. The number of amides is 1. The summed E-state index contributed by atoms with van der Waals surface area (Å²) in [5, 5.41) is 25.7. The van der Waals surface area contributed by atoms with Crippen LogP contribution in [0.1, 0.15) is 57.9 Å². The third kappa shape index (κ3) is 6.97. The van der Waals surface area contributed by atoms with Crippen LogP contribution in [-0.4, -0.2) is 38.9 Å². The number of rotatable bonds is 3. The Kier molecular flexibility index (Phi) is 7.93. The number of hydrogen-bond donors (Lipinski definition) is 3. The molecule has 3 aromatic rings. The largest absolute Gasteiger partial charge is 0.475 e. The van der Waals surface area contributed by atoms with Crippen LogP contribution in [0.2, 0.25) is 5.02 Å². The summed E-state index contributed by atoms with van der Waals surface area (Å²) < 4.78 is 9.41. The summed E-state index contributed by atoms with van der Waals surface area (Å²) in [7, 11) is 0. The number of carbonyl (C=O) groups excluding carboxylic acids is 1. The van der Waals surface area contributed by atoms with Crippen LogP contribution in [0.4, 0.5) is 0 Å². The summed E-state index contributed by atoms with van der Waals surface area (Å²) in [6.45, 7) is 1.75. The van der Waals surface area contributed by atoms with Crippen molar-refractivity contribution in [2.24, 2.45) is 0 Å². The fourth-order valence-electron chi connectivity index (χ4n) is 3.45. The molecule has 1 aromatic carbocycles. The van der Waals surface area contributed by atoms with Gasteiger partial charge in [-0.3, -0.25) is 4.79 Å². The molecule has 1 amide bonds. The first kappa shape index (κ1) is 24.1. The van der Waals surface area contributed by atoms with E-state index in [1.165, 1.54) is 18.5 Å². The normalized spacial score (nSPS) is 19.4. The van der Waals surface area contributed by atoms with Crippen LogP contribution in [0.25, 0.3) is 0 Å². The highest BCUT2D eigenvalue weighted by Gasteiger charge is 2.33. The third-order valence-electron chi connectivity index (χ3n) is 5.08. The minimum Gasteiger partial charge on any atom is -0.475 e. The van der Waals surface area contributed by atoms with E-state index in [9.17, 15) is 14.7 Å². The standard InChI is InChI=1S/C20H20ClNO3.C4H3NO3/c1-14-18(8-11-25-14)19(23)22-17-6-3-9-20(24,13-17)10-7-15-4-2-5-16(21)12-15;6-4(7)3-1-2-5-8-3/h2,4-5,8,11-12,17,24H,3,6,9,13H2,1H3,(H,22,23);1-2H,(H,6,7)/t17-,20+;/m1./s1. The molecule has 2 heterocycles. The Morgan fingerprint density at radius 3 is 2.73 bits per heavy atom. The van der Waals surface area contributed by atoms with Gasteiger partial charge in [0.1, 0.15) is 11.4 Å². The summed E-state index contributed by atoms with van der Waals surface area (Å²) in [5.74, 6) is 5.14. The predicted molar refractivity (Wildman–Crippen MR) is 120 cm³/mol. The third-order valence-corrected chi connectivity index (χ3v) is 5.31. The molecule has 172 valence electrons. The van der Waals surface area contributed by atoms with Crippen molar-refractivity contribution in [1.82, 2.24) is 10.5 Å². The maximum Gasteiger partial charge on any atom is 0.374 e. The van der Waals surface area contributed by atoms with Crippen molar-refractivity contribution in [3.8, 4) is 11.8 Å². The van der Waals surface area contributed by atoms with Gasteiger partial charge in [0.15, 0.2) is 0 Å². The van der Waals surface area contributed by atoms with E-state index in [0.29, 0.717) is 29.2 Å². The molecule has 0 aliphatic heterocycles. The molecule has 3 N–H and O–H groups in total. The van der Waals surface area contributed by atoms with E-state index in [-0.39, 0.29) is 17.7 Å². The Morgan fingerprint density at radius 1 is 1.30 bits per heavy atom. The number of aliphatic hydroxyl groups is 1. The lowest BCUT2D eigenvalue weighted by atomic mass is 9.82. The monoisotopic (exact) mass is 470 g/mol. The summed E-state index contributed by atoms with van der Waals surface area (Å²) in [4.78, 5) is 22.2. The zero-order valence-corrected chi connectivity index (χ0v) is 18.6. The fourth-order valence-corrected chi connectivity index (χ4v) is 3.64. The zero-order chi connectivity index (χ0) is 23.8. The average Bonchev–Trinajstić information content (AvgIpc) is 3.45. The number of hydrogen-bond acceptors (Lipinski definition) is 6. The minimum absolute atomic E-state index is 0.116. The molecule has 1 aliphatic rings. The summed E-state index contributed by atoms with van der Waals surface area (Å²) in [6, 6.07) is 10.0. The predicted octanol–water partition coefficient (Wildman–Crippen LogP) is 4.07. The van der Waals surface area contributed by atoms with Crippen LogP contribution >= 0.6 is 11.6 Å². The van der Waals surface area contributed by atoms with Crippen molar-refractivity contribution in [1.29, 1.82) is 0 Å². The number of halogens is 1. The smallest absolute Gasteiger partial charge is 0.374 e. The number of furan rings is 1. The highest BCUT2D eigenvalue weighted by atomic mass is 35.5. The van der Waals surface area contributed by atoms with Gasteiger partial charge in [0.05, 0.1) is 18.0 Å². The van der Waals surface area contributed by atoms with Crippen molar-refractivity contribution in [3.63, 3.8) is 0 Å². The van der Waals surface area contributed by atoms with Gasteiger partial charge in [-0.05, 0) is 50.5 Å². The molecule has 2 atom stereocenters. The van der Waals surface area contributed by atoms with Gasteiger partial charge in [-0.25, -0.2) is 4.79 Å². The molecule has 0 saturated heterocycles. The number of carbonyl (C=O) groups is 2. The quantitative estimate of drug-likeness (QED) is 0.492. The molecule has 9 heteroatoms. The Morgan fingerprint density at radius 2 is 2.12 bits per heavy atom. The van der Waals surface area contributed by atoms with Gasteiger partial charge in [-0.2, -0.15) is 0 Å². The van der Waals surface area contributed by atoms with E-state index in [0.717, 1.165) is 18.4 Å². The van der Waals surface area contributed by atoms with Crippen LogP contribution < -0.4 is 5.32 Å². The summed E-state index contributed by atoms with van der Waals surface area (Å²) in [6.07, 6.45) is 5.40. The first-order valence-electron chi connectivity index (χ1n) is 10.3. The summed E-state index contributed by atoms with van der Waals surface area (Å²) in [5.41, 5.74) is 0.185. The second-order valence-electron chi connectivity index (χ2n) is 7.63. The molecule has 4 rings (SSSR count). The van der Waals surface area contributed by atoms with E-state index in [1.807, 2.05) is 12.1 Å². The van der Waals surface area contributed by atoms with Crippen LogP contribution in [-0.2, 0) is 0 Å². The first-order chi connectivity index (χ1) is 15.8. The Balaban J connectivity index is 0.000000323. The fraction of sp³-hybridized carbons (Fsp3) is 0.292. The molecule has 0 bridgehead atoms. The number of nitrogens with one attached hydrogen (secondary N) is 1. The van der Waals surface area contributed by atoms with Crippen molar-refractivity contribution in [2.45, 2.75) is 44.2 Å². The van der Waals surface area contributed by atoms with Crippen LogP contribution in [0, 0.1) is 18.8 Å². The second-order valence-corrected chi connectivity index (χ2v) is 8.07. The lowest BCUT2D eigenvalue weighted by Gasteiger charge is -2.33. The maximum atomic E-state index is 12.3. The molecule has 8 nitrogen and oxygen atoms in total. The first-order valence-corrected chi connectivity index (χ1v) is 10.6. The number of aromatic nitrogens is 1. The molecule has 0 unspecified atom stereocenters. The van der Waals surface area contributed by atoms with Crippen molar-refractivity contribution in [3.05, 3.63) is 76.5 Å². The molecule has 1 fully saturated rings. The Hall–Kier alpha value is -3.54. The van der Waals surface area contributed by atoms with E-state index in [1.54, 1.807) is 25.1 Å². The zero-order valence-electron chi connectivity index (χ0n) is 17.9. The van der Waals surface area contributed by atoms with Gasteiger partial charge >= 0.3 is 5.97 Å². The maximum absolute atomic E-state index is 12.3. The van der Waals surface area contributed by atoms with Gasteiger partial charge in [0.2, 0.25) is 5.76 Å². The van der Waals surface area contributed by atoms with Crippen molar-refractivity contribution >= 4 is 23.5 Å². The number of nitrogens with zero attached hydrogens (tertiary/aromatic N) is 1. The number of carboxylic acids is 1. The van der Waals surface area contributed by atoms with Gasteiger partial charge in [0, 0.05) is 29.1 Å². The Labute approximate surface area is 195 Å². The van der Waals surface area contributed by atoms with Gasteiger partial charge < -0.3 is 24.5 Å². The molecular weight excluding hydrogens is 448 g/mol. The van der Waals surface area contributed by atoms with E-state index < -0.39 is 11.6 Å². The van der Waals surface area contributed by atoms with Crippen LogP contribution in [0.15, 0.2) is 57.8 Å². The number of aromatic carboxylic acids is 1. The SMILES string of the molecule is Cc1occc1C(=O)N[C@@H]1CCC[C@](O)(C#Cc2cccc(Cl)c2)C1.O=C(O)c1ccno1. The molecule has 1 saturated carbocycles. The lowest BCUT2D eigenvalue weighted by Crippen LogP contribution is -2.45. The van der Waals surface area contributed by atoms with E-state index in [2.05, 4.69) is 26.8 Å². The Bertz CT molecular complexity index is 1160. The lowest BCUT2D eigenvalue weighted by molar-refractivity contribution is 0.0452. The van der Waals surface area contributed by atoms with Gasteiger partial charge in [-0.15, -0.1) is 0 Å². The molecule has 33 heavy (non-hydrogen) atoms. The highest BCUT2D eigenvalue weighted by molar-refractivity contribution is 6.30. The van der Waals surface area contributed by atoms with Crippen molar-refractivity contribution < 1.29 is 28.7 Å².